The molecule has 1 aromatic heterocycles. The molecule has 5 heteroatoms. The van der Waals surface area contributed by atoms with Crippen LogP contribution in [0.25, 0.3) is 0 Å². The van der Waals surface area contributed by atoms with Crippen molar-refractivity contribution in [1.29, 1.82) is 0 Å². The lowest BCUT2D eigenvalue weighted by molar-refractivity contribution is 0.0360. The van der Waals surface area contributed by atoms with E-state index in [9.17, 15) is 5.11 Å². The number of hydrogen-bond donors (Lipinski definition) is 2. The van der Waals surface area contributed by atoms with Crippen molar-refractivity contribution in [1.82, 2.24) is 9.97 Å². The summed E-state index contributed by atoms with van der Waals surface area (Å²) in [4.78, 5) is 8.43. The zero-order valence-corrected chi connectivity index (χ0v) is 11.3. The van der Waals surface area contributed by atoms with Gasteiger partial charge in [0.05, 0.1) is 5.60 Å². The molecule has 96 valence electrons. The lowest BCUT2D eigenvalue weighted by atomic mass is 9.95. The monoisotopic (exact) mass is 255 g/mol. The van der Waals surface area contributed by atoms with Crippen LogP contribution in [0.15, 0.2) is 17.6 Å². The van der Waals surface area contributed by atoms with Gasteiger partial charge in [0.15, 0.2) is 5.16 Å². The van der Waals surface area contributed by atoms with Crippen molar-refractivity contribution in [2.45, 2.75) is 43.9 Å². The Morgan fingerprint density at radius 3 is 2.59 bits per heavy atom. The summed E-state index contributed by atoms with van der Waals surface area (Å²) in [7, 11) is 0. The van der Waals surface area contributed by atoms with E-state index in [1.54, 1.807) is 11.8 Å². The molecular formula is C12H21N3OS. The average Bonchev–Trinajstić information content (AvgIpc) is 2.36. The normalized spacial score (nSPS) is 14.6. The lowest BCUT2D eigenvalue weighted by Crippen LogP contribution is -2.36. The standard InChI is InChI=1S/C12H21N3OS/c1-3-12(16,9-13)5-4-6-17-11-14-7-10(2)8-15-11/h7-8,16H,3-6,9,13H2,1-2H3. The number of aryl methyl sites for hydroxylation is 1. The molecule has 0 saturated carbocycles. The average molecular weight is 255 g/mol. The fourth-order valence-corrected chi connectivity index (χ4v) is 2.17. The van der Waals surface area contributed by atoms with Crippen LogP contribution in [0.3, 0.4) is 0 Å². The molecule has 1 rings (SSSR count). The van der Waals surface area contributed by atoms with E-state index < -0.39 is 5.60 Å². The molecule has 0 amide bonds. The van der Waals surface area contributed by atoms with Crippen molar-refractivity contribution in [3.05, 3.63) is 18.0 Å². The molecule has 1 heterocycles. The second-order valence-electron chi connectivity index (χ2n) is 4.28. The zero-order valence-electron chi connectivity index (χ0n) is 10.5. The van der Waals surface area contributed by atoms with Crippen LogP contribution in [0.5, 0.6) is 0 Å². The first-order valence-electron chi connectivity index (χ1n) is 5.93. The van der Waals surface area contributed by atoms with Crippen LogP contribution in [-0.4, -0.2) is 33.0 Å². The van der Waals surface area contributed by atoms with E-state index in [4.69, 9.17) is 5.73 Å². The van der Waals surface area contributed by atoms with Gasteiger partial charge in [0.2, 0.25) is 0 Å². The minimum atomic E-state index is -0.700. The highest BCUT2D eigenvalue weighted by molar-refractivity contribution is 7.99. The molecule has 0 aliphatic carbocycles. The molecule has 0 saturated heterocycles. The van der Waals surface area contributed by atoms with Crippen molar-refractivity contribution in [2.75, 3.05) is 12.3 Å². The first kappa shape index (κ1) is 14.4. The molecule has 17 heavy (non-hydrogen) atoms. The summed E-state index contributed by atoms with van der Waals surface area (Å²) in [5, 5.41) is 10.8. The van der Waals surface area contributed by atoms with E-state index in [2.05, 4.69) is 9.97 Å². The van der Waals surface area contributed by atoms with Crippen LogP contribution in [0.1, 0.15) is 31.7 Å². The van der Waals surface area contributed by atoms with Crippen LogP contribution in [0, 0.1) is 6.92 Å². The number of aromatic nitrogens is 2. The molecule has 0 fully saturated rings. The van der Waals surface area contributed by atoms with Gasteiger partial charge in [-0.3, -0.25) is 0 Å². The Bertz CT molecular complexity index is 325. The Balaban J connectivity index is 2.26. The fourth-order valence-electron chi connectivity index (χ4n) is 1.44. The predicted octanol–water partition coefficient (Wildman–Crippen LogP) is 1.76. The number of nitrogens with zero attached hydrogens (tertiary/aromatic N) is 2. The van der Waals surface area contributed by atoms with Gasteiger partial charge in [-0.15, -0.1) is 0 Å². The Kier molecular flexibility index (Phi) is 5.88. The molecule has 0 bridgehead atoms. The van der Waals surface area contributed by atoms with E-state index in [0.717, 1.165) is 29.3 Å². The van der Waals surface area contributed by atoms with Gasteiger partial charge in [-0.1, -0.05) is 18.7 Å². The van der Waals surface area contributed by atoms with Gasteiger partial charge in [-0.05, 0) is 31.7 Å². The summed E-state index contributed by atoms with van der Waals surface area (Å²) in [6.07, 6.45) is 5.99. The van der Waals surface area contributed by atoms with Gasteiger partial charge in [-0.2, -0.15) is 0 Å². The van der Waals surface area contributed by atoms with E-state index >= 15 is 0 Å². The lowest BCUT2D eigenvalue weighted by Gasteiger charge is -2.24. The molecule has 0 aromatic carbocycles. The summed E-state index contributed by atoms with van der Waals surface area (Å²) >= 11 is 1.62. The second-order valence-corrected chi connectivity index (χ2v) is 5.34. The molecule has 0 aliphatic rings. The largest absolute Gasteiger partial charge is 0.389 e. The molecule has 1 atom stereocenters. The highest BCUT2D eigenvalue weighted by Crippen LogP contribution is 2.20. The summed E-state index contributed by atoms with van der Waals surface area (Å²) in [6, 6.07) is 0. The molecule has 3 N–H and O–H groups in total. The molecule has 4 nitrogen and oxygen atoms in total. The predicted molar refractivity (Wildman–Crippen MR) is 71.0 cm³/mol. The number of aliphatic hydroxyl groups is 1. The van der Waals surface area contributed by atoms with Crippen molar-refractivity contribution in [3.63, 3.8) is 0 Å². The molecule has 1 unspecified atom stereocenters. The smallest absolute Gasteiger partial charge is 0.187 e. The van der Waals surface area contributed by atoms with Crippen LogP contribution in [0.4, 0.5) is 0 Å². The maximum absolute atomic E-state index is 10.00. The second kappa shape index (κ2) is 6.93. The van der Waals surface area contributed by atoms with Crippen LogP contribution < -0.4 is 5.73 Å². The summed E-state index contributed by atoms with van der Waals surface area (Å²) in [6.45, 7) is 4.26. The van der Waals surface area contributed by atoms with Gasteiger partial charge in [-0.25, -0.2) is 9.97 Å². The van der Waals surface area contributed by atoms with Gasteiger partial charge in [0.25, 0.3) is 0 Å². The first-order valence-corrected chi connectivity index (χ1v) is 6.92. The van der Waals surface area contributed by atoms with Gasteiger partial charge in [0, 0.05) is 24.7 Å². The summed E-state index contributed by atoms with van der Waals surface area (Å²) in [5.41, 5.74) is 5.91. The van der Waals surface area contributed by atoms with Crippen molar-refractivity contribution >= 4 is 11.8 Å². The Morgan fingerprint density at radius 1 is 1.41 bits per heavy atom. The minimum Gasteiger partial charge on any atom is -0.389 e. The van der Waals surface area contributed by atoms with Crippen molar-refractivity contribution in [3.8, 4) is 0 Å². The maximum Gasteiger partial charge on any atom is 0.187 e. The molecule has 0 spiro atoms. The summed E-state index contributed by atoms with van der Waals surface area (Å²) in [5.74, 6) is 0.908. The molecule has 0 aliphatic heterocycles. The fraction of sp³-hybridized carbons (Fsp3) is 0.667. The van der Waals surface area contributed by atoms with Crippen LogP contribution in [0.2, 0.25) is 0 Å². The maximum atomic E-state index is 10.00. The highest BCUT2D eigenvalue weighted by atomic mass is 32.2. The van der Waals surface area contributed by atoms with Crippen LogP contribution in [-0.2, 0) is 0 Å². The highest BCUT2D eigenvalue weighted by Gasteiger charge is 2.21. The third-order valence-corrected chi connectivity index (χ3v) is 3.77. The third kappa shape index (κ3) is 5.02. The molecule has 1 aromatic rings. The number of hydrogen-bond acceptors (Lipinski definition) is 5. The van der Waals surface area contributed by atoms with Gasteiger partial charge < -0.3 is 10.8 Å². The molecule has 0 radical (unpaired) electrons. The number of nitrogens with two attached hydrogens (primary N) is 1. The number of rotatable bonds is 7. The first-order chi connectivity index (χ1) is 8.09. The van der Waals surface area contributed by atoms with Crippen molar-refractivity contribution < 1.29 is 5.11 Å². The third-order valence-electron chi connectivity index (χ3n) is 2.81. The van der Waals surface area contributed by atoms with Crippen LogP contribution >= 0.6 is 11.8 Å². The van der Waals surface area contributed by atoms with Gasteiger partial charge in [0.1, 0.15) is 0 Å². The Morgan fingerprint density at radius 2 is 2.06 bits per heavy atom. The Hall–Kier alpha value is -0.650. The van der Waals surface area contributed by atoms with E-state index in [1.807, 2.05) is 26.2 Å². The van der Waals surface area contributed by atoms with E-state index in [-0.39, 0.29) is 0 Å². The number of thioether (sulfide) groups is 1. The molecular weight excluding hydrogens is 234 g/mol. The van der Waals surface area contributed by atoms with Gasteiger partial charge >= 0.3 is 0 Å². The SMILES string of the molecule is CCC(O)(CN)CCCSc1ncc(C)cn1. The van der Waals surface area contributed by atoms with E-state index in [0.29, 0.717) is 13.0 Å². The van der Waals surface area contributed by atoms with Crippen molar-refractivity contribution in [2.24, 2.45) is 5.73 Å². The minimum absolute atomic E-state index is 0.329. The Labute approximate surface area is 107 Å². The quantitative estimate of drug-likeness (QED) is 0.441. The summed E-state index contributed by atoms with van der Waals surface area (Å²) < 4.78 is 0. The topological polar surface area (TPSA) is 72.0 Å². The van der Waals surface area contributed by atoms with E-state index in [1.165, 1.54) is 0 Å². The zero-order chi connectivity index (χ0) is 12.7.